The van der Waals surface area contributed by atoms with Crippen molar-refractivity contribution in [2.45, 2.75) is 19.3 Å². The van der Waals surface area contributed by atoms with Gasteiger partial charge in [0, 0.05) is 19.0 Å². The predicted octanol–water partition coefficient (Wildman–Crippen LogP) is 2.45. The average Bonchev–Trinajstić information content (AvgIpc) is 2.45. The summed E-state index contributed by atoms with van der Waals surface area (Å²) in [5.74, 6) is 1.35. The molecular weight excluding hydrogens is 256 g/mol. The molecule has 1 aliphatic heterocycles. The molecule has 1 aromatic carbocycles. The summed E-state index contributed by atoms with van der Waals surface area (Å²) in [6, 6.07) is 9.96. The van der Waals surface area contributed by atoms with Crippen molar-refractivity contribution in [3.8, 4) is 5.75 Å². The number of ether oxygens (including phenoxy) is 1. The maximum absolute atomic E-state index is 5.74. The van der Waals surface area contributed by atoms with Gasteiger partial charge in [0.25, 0.3) is 0 Å². The second-order valence-corrected chi connectivity index (χ2v) is 5.53. The molecule has 1 unspecified atom stereocenters. The highest BCUT2D eigenvalue weighted by Crippen LogP contribution is 2.17. The van der Waals surface area contributed by atoms with E-state index in [9.17, 15) is 0 Å². The van der Waals surface area contributed by atoms with E-state index in [4.69, 9.17) is 22.7 Å². The number of rotatable bonds is 6. The van der Waals surface area contributed by atoms with E-state index in [0.29, 0.717) is 10.9 Å². The molecule has 1 heterocycles. The second kappa shape index (κ2) is 7.46. The Hall–Kier alpha value is -1.13. The molecule has 4 heteroatoms. The van der Waals surface area contributed by atoms with Crippen LogP contribution in [0.3, 0.4) is 0 Å². The number of hydrogen-bond acceptors (Lipinski definition) is 3. The molecule has 2 rings (SSSR count). The number of para-hydroxylation sites is 1. The van der Waals surface area contributed by atoms with Crippen molar-refractivity contribution >= 4 is 17.2 Å². The Bertz CT molecular complexity index is 396. The van der Waals surface area contributed by atoms with Gasteiger partial charge in [-0.1, -0.05) is 30.4 Å². The van der Waals surface area contributed by atoms with Crippen molar-refractivity contribution in [3.05, 3.63) is 30.3 Å². The lowest BCUT2D eigenvalue weighted by molar-refractivity contribution is 0.187. The van der Waals surface area contributed by atoms with Crippen LogP contribution in [0, 0.1) is 5.92 Å². The second-order valence-electron chi connectivity index (χ2n) is 5.06. The van der Waals surface area contributed by atoms with Crippen LogP contribution in [0.4, 0.5) is 0 Å². The summed E-state index contributed by atoms with van der Waals surface area (Å²) in [6.07, 6.45) is 3.38. The molecule has 3 nitrogen and oxygen atoms in total. The van der Waals surface area contributed by atoms with Gasteiger partial charge in [-0.2, -0.15) is 0 Å². The van der Waals surface area contributed by atoms with E-state index in [2.05, 4.69) is 4.90 Å². The third-order valence-corrected chi connectivity index (χ3v) is 3.87. The normalized spacial score (nSPS) is 20.1. The van der Waals surface area contributed by atoms with Crippen LogP contribution in [0.2, 0.25) is 0 Å². The minimum absolute atomic E-state index is 0.402. The van der Waals surface area contributed by atoms with Gasteiger partial charge in [0.15, 0.2) is 0 Å². The van der Waals surface area contributed by atoms with E-state index >= 15 is 0 Å². The fraction of sp³-hybridized carbons (Fsp3) is 0.533. The first-order valence-corrected chi connectivity index (χ1v) is 7.36. The Morgan fingerprint density at radius 1 is 1.37 bits per heavy atom. The lowest BCUT2D eigenvalue weighted by atomic mass is 9.98. The maximum Gasteiger partial charge on any atom is 0.119 e. The number of thiocarbonyl (C=S) groups is 1. The van der Waals surface area contributed by atoms with Crippen LogP contribution in [0.5, 0.6) is 5.75 Å². The van der Waals surface area contributed by atoms with Crippen molar-refractivity contribution in [3.63, 3.8) is 0 Å². The number of likely N-dealkylation sites (tertiary alicyclic amines) is 1. The highest BCUT2D eigenvalue weighted by molar-refractivity contribution is 7.80. The van der Waals surface area contributed by atoms with E-state index in [-0.39, 0.29) is 0 Å². The first-order valence-electron chi connectivity index (χ1n) is 6.95. The summed E-state index contributed by atoms with van der Waals surface area (Å²) in [4.78, 5) is 3.12. The minimum atomic E-state index is 0.402. The van der Waals surface area contributed by atoms with E-state index in [1.807, 2.05) is 30.3 Å². The smallest absolute Gasteiger partial charge is 0.119 e. The minimum Gasteiger partial charge on any atom is -0.494 e. The van der Waals surface area contributed by atoms with Crippen LogP contribution >= 0.6 is 12.2 Å². The van der Waals surface area contributed by atoms with Crippen LogP contribution in [0.15, 0.2) is 30.3 Å². The van der Waals surface area contributed by atoms with Crippen molar-refractivity contribution in [1.82, 2.24) is 4.90 Å². The lowest BCUT2D eigenvalue weighted by Gasteiger charge is -2.32. The van der Waals surface area contributed by atoms with Gasteiger partial charge < -0.3 is 15.4 Å². The Balaban J connectivity index is 1.64. The van der Waals surface area contributed by atoms with Crippen molar-refractivity contribution in [1.29, 1.82) is 0 Å². The molecule has 0 aromatic heterocycles. The third kappa shape index (κ3) is 4.80. The molecule has 1 aliphatic rings. The number of benzene rings is 1. The van der Waals surface area contributed by atoms with E-state index < -0.39 is 0 Å². The highest BCUT2D eigenvalue weighted by atomic mass is 32.1. The molecular formula is C15H22N2OS. The SMILES string of the molecule is NC(=S)C1CCCN(CCCOc2ccccc2)C1. The van der Waals surface area contributed by atoms with Crippen LogP contribution in [-0.4, -0.2) is 36.1 Å². The Morgan fingerprint density at radius 3 is 2.89 bits per heavy atom. The van der Waals surface area contributed by atoms with E-state index in [1.165, 1.54) is 6.42 Å². The molecule has 1 aromatic rings. The standard InChI is InChI=1S/C15H22N2OS/c16-15(19)13-6-4-9-17(12-13)10-5-11-18-14-7-2-1-3-8-14/h1-3,7-8,13H,4-6,9-12H2,(H2,16,19). The Morgan fingerprint density at radius 2 is 2.16 bits per heavy atom. The molecule has 0 saturated carbocycles. The van der Waals surface area contributed by atoms with Gasteiger partial charge >= 0.3 is 0 Å². The van der Waals surface area contributed by atoms with E-state index in [0.717, 1.165) is 44.8 Å². The molecule has 0 bridgehead atoms. The summed E-state index contributed by atoms with van der Waals surface area (Å²) >= 11 is 5.09. The van der Waals surface area contributed by atoms with Gasteiger partial charge in [-0.25, -0.2) is 0 Å². The molecule has 1 fully saturated rings. The number of nitrogens with two attached hydrogens (primary N) is 1. The first-order chi connectivity index (χ1) is 9.25. The molecule has 0 spiro atoms. The summed E-state index contributed by atoms with van der Waals surface area (Å²) in [5, 5.41) is 0. The van der Waals surface area contributed by atoms with Gasteiger partial charge in [0.1, 0.15) is 5.75 Å². The quantitative estimate of drug-likeness (QED) is 0.641. The van der Waals surface area contributed by atoms with Crippen molar-refractivity contribution in [2.75, 3.05) is 26.2 Å². The topological polar surface area (TPSA) is 38.5 Å². The molecule has 0 amide bonds. The summed E-state index contributed by atoms with van der Waals surface area (Å²) in [6.45, 7) is 4.00. The molecule has 104 valence electrons. The first kappa shape index (κ1) is 14.3. The lowest BCUT2D eigenvalue weighted by Crippen LogP contribution is -2.41. The van der Waals surface area contributed by atoms with Gasteiger partial charge in [0.05, 0.1) is 11.6 Å². The summed E-state index contributed by atoms with van der Waals surface area (Å²) in [7, 11) is 0. The Labute approximate surface area is 120 Å². The summed E-state index contributed by atoms with van der Waals surface area (Å²) < 4.78 is 5.69. The molecule has 1 saturated heterocycles. The zero-order chi connectivity index (χ0) is 13.5. The van der Waals surface area contributed by atoms with Gasteiger partial charge in [-0.3, -0.25) is 0 Å². The van der Waals surface area contributed by atoms with Crippen LogP contribution in [0.1, 0.15) is 19.3 Å². The highest BCUT2D eigenvalue weighted by Gasteiger charge is 2.21. The van der Waals surface area contributed by atoms with Crippen molar-refractivity contribution in [2.24, 2.45) is 11.7 Å². The predicted molar refractivity (Wildman–Crippen MR) is 82.5 cm³/mol. The fourth-order valence-corrected chi connectivity index (χ4v) is 2.68. The number of hydrogen-bond donors (Lipinski definition) is 1. The monoisotopic (exact) mass is 278 g/mol. The third-order valence-electron chi connectivity index (χ3n) is 3.54. The van der Waals surface area contributed by atoms with Gasteiger partial charge in [0.2, 0.25) is 0 Å². The zero-order valence-corrected chi connectivity index (χ0v) is 12.1. The Kier molecular flexibility index (Phi) is 5.61. The molecule has 2 N–H and O–H groups in total. The molecule has 1 atom stereocenters. The molecule has 0 radical (unpaired) electrons. The number of piperidine rings is 1. The zero-order valence-electron chi connectivity index (χ0n) is 11.3. The van der Waals surface area contributed by atoms with Gasteiger partial charge in [-0.05, 0) is 37.9 Å². The van der Waals surface area contributed by atoms with Gasteiger partial charge in [-0.15, -0.1) is 0 Å². The van der Waals surface area contributed by atoms with Crippen LogP contribution < -0.4 is 10.5 Å². The van der Waals surface area contributed by atoms with Crippen LogP contribution in [-0.2, 0) is 0 Å². The van der Waals surface area contributed by atoms with Crippen molar-refractivity contribution < 1.29 is 4.74 Å². The molecule has 19 heavy (non-hydrogen) atoms. The van der Waals surface area contributed by atoms with E-state index in [1.54, 1.807) is 0 Å². The summed E-state index contributed by atoms with van der Waals surface area (Å²) in [5.41, 5.74) is 5.74. The van der Waals surface area contributed by atoms with Crippen LogP contribution in [0.25, 0.3) is 0 Å². The maximum atomic E-state index is 5.74. The molecule has 0 aliphatic carbocycles. The fourth-order valence-electron chi connectivity index (χ4n) is 2.49. The number of nitrogens with zero attached hydrogens (tertiary/aromatic N) is 1. The average molecular weight is 278 g/mol. The largest absolute Gasteiger partial charge is 0.494 e.